The quantitative estimate of drug-likeness (QED) is 0.368. The molecule has 0 aliphatic heterocycles. The van der Waals surface area contributed by atoms with Crippen LogP contribution in [0.3, 0.4) is 0 Å². The first kappa shape index (κ1) is 20.8. The maximum absolute atomic E-state index is 12.1. The highest BCUT2D eigenvalue weighted by atomic mass is 16.5. The van der Waals surface area contributed by atoms with E-state index in [9.17, 15) is 4.79 Å². The second-order valence-electron chi connectivity index (χ2n) is 6.86. The van der Waals surface area contributed by atoms with E-state index in [1.54, 1.807) is 6.26 Å². The Morgan fingerprint density at radius 2 is 1.63 bits per heavy atom. The number of ether oxygens (including phenoxy) is 2. The summed E-state index contributed by atoms with van der Waals surface area (Å²) in [6.45, 7) is 6.69. The van der Waals surface area contributed by atoms with Crippen LogP contribution in [0.1, 0.15) is 40.0 Å². The zero-order chi connectivity index (χ0) is 19.5. The fraction of sp³-hybridized carbons (Fsp3) is 0.375. The fourth-order valence-electron chi connectivity index (χ4n) is 2.59. The van der Waals surface area contributed by atoms with Gasteiger partial charge in [0.1, 0.15) is 5.75 Å². The highest BCUT2D eigenvalue weighted by molar-refractivity contribution is 5.72. The second kappa shape index (κ2) is 11.2. The Morgan fingerprint density at radius 3 is 2.26 bits per heavy atom. The predicted molar refractivity (Wildman–Crippen MR) is 110 cm³/mol. The summed E-state index contributed by atoms with van der Waals surface area (Å²) < 4.78 is 11.1. The molecular weight excluding hydrogens is 336 g/mol. The molecule has 144 valence electrons. The highest BCUT2D eigenvalue weighted by Gasteiger charge is 2.17. The lowest BCUT2D eigenvalue weighted by Gasteiger charge is -2.14. The van der Waals surface area contributed by atoms with E-state index in [1.807, 2.05) is 55.5 Å². The molecule has 27 heavy (non-hydrogen) atoms. The van der Waals surface area contributed by atoms with E-state index in [2.05, 4.69) is 26.0 Å². The smallest absolute Gasteiger partial charge is 0.309 e. The van der Waals surface area contributed by atoms with E-state index in [-0.39, 0.29) is 11.9 Å². The lowest BCUT2D eigenvalue weighted by atomic mass is 10.0. The lowest BCUT2D eigenvalue weighted by molar-refractivity contribution is -0.149. The van der Waals surface area contributed by atoms with Crippen molar-refractivity contribution in [3.05, 3.63) is 66.9 Å². The van der Waals surface area contributed by atoms with Crippen LogP contribution < -0.4 is 4.74 Å². The van der Waals surface area contributed by atoms with Crippen LogP contribution >= 0.6 is 0 Å². The molecule has 2 atom stereocenters. The number of carbonyl (C=O) groups is 1. The van der Waals surface area contributed by atoms with Crippen molar-refractivity contribution in [2.24, 2.45) is 11.8 Å². The molecule has 2 aromatic rings. The molecule has 2 rings (SSSR count). The average Bonchev–Trinajstić information content (AvgIpc) is 2.73. The minimum atomic E-state index is -0.116. The number of rotatable bonds is 10. The summed E-state index contributed by atoms with van der Waals surface area (Å²) in [6.07, 6.45) is 5.94. The molecule has 0 aromatic heterocycles. The summed E-state index contributed by atoms with van der Waals surface area (Å²) in [5, 5.41) is 0. The van der Waals surface area contributed by atoms with E-state index in [4.69, 9.17) is 9.47 Å². The van der Waals surface area contributed by atoms with Crippen LogP contribution in [-0.2, 0) is 9.53 Å². The van der Waals surface area contributed by atoms with Gasteiger partial charge >= 0.3 is 5.97 Å². The largest absolute Gasteiger partial charge is 0.465 e. The van der Waals surface area contributed by atoms with Gasteiger partial charge in [-0.05, 0) is 48.1 Å². The maximum atomic E-state index is 12.1. The molecule has 0 fully saturated rings. The van der Waals surface area contributed by atoms with E-state index >= 15 is 0 Å². The third-order valence-corrected chi connectivity index (χ3v) is 4.72. The number of esters is 1. The van der Waals surface area contributed by atoms with E-state index in [0.717, 1.165) is 24.2 Å². The van der Waals surface area contributed by atoms with Crippen molar-refractivity contribution in [2.45, 2.75) is 40.0 Å². The topological polar surface area (TPSA) is 35.5 Å². The third kappa shape index (κ3) is 6.93. The first-order valence-corrected chi connectivity index (χ1v) is 9.77. The summed E-state index contributed by atoms with van der Waals surface area (Å²) in [6, 6.07) is 18.2. The molecule has 0 heterocycles. The lowest BCUT2D eigenvalue weighted by Crippen LogP contribution is -2.19. The SMILES string of the molecule is CCC(C)COC(=O)C(CC)C/C=C/Oc1ccc(-c2ccccc2)cc1. The van der Waals surface area contributed by atoms with Crippen LogP contribution in [-0.4, -0.2) is 12.6 Å². The van der Waals surface area contributed by atoms with Crippen molar-refractivity contribution in [1.29, 1.82) is 0 Å². The van der Waals surface area contributed by atoms with Crippen molar-refractivity contribution in [3.8, 4) is 16.9 Å². The van der Waals surface area contributed by atoms with Gasteiger partial charge in [-0.15, -0.1) is 0 Å². The molecule has 0 aliphatic rings. The summed E-state index contributed by atoms with van der Waals surface area (Å²) in [7, 11) is 0. The zero-order valence-electron chi connectivity index (χ0n) is 16.6. The van der Waals surface area contributed by atoms with Crippen LogP contribution in [0.25, 0.3) is 11.1 Å². The zero-order valence-corrected chi connectivity index (χ0v) is 16.6. The van der Waals surface area contributed by atoms with Crippen LogP contribution in [0.4, 0.5) is 0 Å². The standard InChI is InChI=1S/C24H30O3/c1-4-19(3)18-27-24(25)20(5-2)12-9-17-26-23-15-13-22(14-16-23)21-10-7-6-8-11-21/h6-11,13-17,19-20H,4-5,12,18H2,1-3H3/b17-9+. The molecule has 0 radical (unpaired) electrons. The van der Waals surface area contributed by atoms with Gasteiger partial charge in [0.2, 0.25) is 0 Å². The van der Waals surface area contributed by atoms with Crippen molar-refractivity contribution in [1.82, 2.24) is 0 Å². The molecule has 2 unspecified atom stereocenters. The minimum Gasteiger partial charge on any atom is -0.465 e. The monoisotopic (exact) mass is 366 g/mol. The molecule has 0 amide bonds. The average molecular weight is 367 g/mol. The molecule has 0 aliphatic carbocycles. The van der Waals surface area contributed by atoms with E-state index in [0.29, 0.717) is 18.9 Å². The first-order valence-electron chi connectivity index (χ1n) is 9.77. The van der Waals surface area contributed by atoms with Gasteiger partial charge < -0.3 is 9.47 Å². The Balaban J connectivity index is 1.81. The van der Waals surface area contributed by atoms with Crippen molar-refractivity contribution < 1.29 is 14.3 Å². The Hall–Kier alpha value is -2.55. The highest BCUT2D eigenvalue weighted by Crippen LogP contribution is 2.22. The maximum Gasteiger partial charge on any atom is 0.309 e. The number of allylic oxidation sites excluding steroid dienone is 1. The van der Waals surface area contributed by atoms with Gasteiger partial charge in [-0.2, -0.15) is 0 Å². The van der Waals surface area contributed by atoms with Crippen molar-refractivity contribution in [2.75, 3.05) is 6.61 Å². The van der Waals surface area contributed by atoms with Crippen molar-refractivity contribution >= 4 is 5.97 Å². The van der Waals surface area contributed by atoms with E-state index < -0.39 is 0 Å². The number of carbonyl (C=O) groups excluding carboxylic acids is 1. The molecule has 0 N–H and O–H groups in total. The first-order chi connectivity index (χ1) is 13.1. The van der Waals surface area contributed by atoms with Gasteiger partial charge in [0, 0.05) is 0 Å². The Kier molecular flexibility index (Phi) is 8.63. The van der Waals surface area contributed by atoms with Crippen LogP contribution in [0.2, 0.25) is 0 Å². The van der Waals surface area contributed by atoms with Crippen molar-refractivity contribution in [3.63, 3.8) is 0 Å². The van der Waals surface area contributed by atoms with Crippen LogP contribution in [0, 0.1) is 11.8 Å². The molecular formula is C24H30O3. The Bertz CT molecular complexity index is 704. The molecule has 0 spiro atoms. The summed E-state index contributed by atoms with van der Waals surface area (Å²) in [5.41, 5.74) is 2.34. The van der Waals surface area contributed by atoms with Gasteiger partial charge in [0.25, 0.3) is 0 Å². The minimum absolute atomic E-state index is 0.116. The summed E-state index contributed by atoms with van der Waals surface area (Å²) >= 11 is 0. The third-order valence-electron chi connectivity index (χ3n) is 4.72. The number of benzene rings is 2. The number of hydrogen-bond donors (Lipinski definition) is 0. The Labute approximate surface area is 163 Å². The Morgan fingerprint density at radius 1 is 0.963 bits per heavy atom. The van der Waals surface area contributed by atoms with Gasteiger partial charge in [0.05, 0.1) is 18.8 Å². The molecule has 0 bridgehead atoms. The molecule has 3 nitrogen and oxygen atoms in total. The summed E-state index contributed by atoms with van der Waals surface area (Å²) in [5.74, 6) is 0.951. The number of hydrogen-bond acceptors (Lipinski definition) is 3. The van der Waals surface area contributed by atoms with Crippen LogP contribution in [0.5, 0.6) is 5.75 Å². The molecule has 2 aromatic carbocycles. The van der Waals surface area contributed by atoms with Gasteiger partial charge in [-0.1, -0.05) is 69.7 Å². The molecule has 0 saturated heterocycles. The predicted octanol–water partition coefficient (Wildman–Crippen LogP) is 6.25. The van der Waals surface area contributed by atoms with Gasteiger partial charge in [0.15, 0.2) is 0 Å². The second-order valence-corrected chi connectivity index (χ2v) is 6.86. The van der Waals surface area contributed by atoms with Gasteiger partial charge in [-0.3, -0.25) is 4.79 Å². The molecule has 3 heteroatoms. The van der Waals surface area contributed by atoms with Gasteiger partial charge in [-0.25, -0.2) is 0 Å². The fourth-order valence-corrected chi connectivity index (χ4v) is 2.59. The summed E-state index contributed by atoms with van der Waals surface area (Å²) in [4.78, 5) is 12.1. The molecule has 0 saturated carbocycles. The van der Waals surface area contributed by atoms with E-state index in [1.165, 1.54) is 5.56 Å². The van der Waals surface area contributed by atoms with Crippen LogP contribution in [0.15, 0.2) is 66.9 Å². The normalized spacial score (nSPS) is 13.3.